The number of rotatable bonds is 5. The number of hydrogen-bond acceptors (Lipinski definition) is 4. The number of benzene rings is 2. The molecule has 2 aromatic carbocycles. The SMILES string of the molecule is O=C(Cn1nc(-c2ccc3ccccc3c2)ccc1=O)NC[C@@H]1CCCO1. The smallest absolute Gasteiger partial charge is 0.267 e. The zero-order valence-electron chi connectivity index (χ0n) is 14.9. The second-order valence-corrected chi connectivity index (χ2v) is 6.72. The summed E-state index contributed by atoms with van der Waals surface area (Å²) in [5.74, 6) is -0.240. The molecule has 138 valence electrons. The molecule has 0 bridgehead atoms. The van der Waals surface area contributed by atoms with Gasteiger partial charge in [-0.05, 0) is 35.7 Å². The predicted octanol–water partition coefficient (Wildman–Crippen LogP) is 2.36. The van der Waals surface area contributed by atoms with E-state index in [1.807, 2.05) is 42.5 Å². The van der Waals surface area contributed by atoms with Crippen LogP contribution in [0.1, 0.15) is 12.8 Å². The van der Waals surface area contributed by atoms with Crippen molar-refractivity contribution in [3.05, 3.63) is 65.0 Å². The Bertz CT molecular complexity index is 1020. The van der Waals surface area contributed by atoms with Crippen LogP contribution in [-0.4, -0.2) is 34.9 Å². The van der Waals surface area contributed by atoms with Crippen LogP contribution in [0.2, 0.25) is 0 Å². The molecule has 0 unspecified atom stereocenters. The minimum absolute atomic E-state index is 0.0718. The maximum Gasteiger partial charge on any atom is 0.267 e. The van der Waals surface area contributed by atoms with Crippen molar-refractivity contribution >= 4 is 16.7 Å². The van der Waals surface area contributed by atoms with E-state index in [-0.39, 0.29) is 24.1 Å². The molecule has 6 heteroatoms. The van der Waals surface area contributed by atoms with Crippen molar-refractivity contribution in [3.8, 4) is 11.3 Å². The molecule has 27 heavy (non-hydrogen) atoms. The summed E-state index contributed by atoms with van der Waals surface area (Å²) in [6.45, 7) is 1.11. The van der Waals surface area contributed by atoms with E-state index in [9.17, 15) is 9.59 Å². The summed E-state index contributed by atoms with van der Waals surface area (Å²) in [6, 6.07) is 17.2. The van der Waals surface area contributed by atoms with Crippen LogP contribution in [0.15, 0.2) is 59.4 Å². The van der Waals surface area contributed by atoms with E-state index in [1.165, 1.54) is 10.7 Å². The molecule has 1 aliphatic heterocycles. The van der Waals surface area contributed by atoms with Gasteiger partial charge in [0.25, 0.3) is 5.56 Å². The average molecular weight is 363 g/mol. The van der Waals surface area contributed by atoms with Gasteiger partial charge in [-0.15, -0.1) is 0 Å². The Morgan fingerprint density at radius 2 is 2.00 bits per heavy atom. The van der Waals surface area contributed by atoms with Gasteiger partial charge in [-0.1, -0.05) is 36.4 Å². The number of amides is 1. The van der Waals surface area contributed by atoms with Crippen molar-refractivity contribution in [2.45, 2.75) is 25.5 Å². The maximum atomic E-state index is 12.2. The molecular formula is C21H21N3O3. The Balaban J connectivity index is 1.51. The van der Waals surface area contributed by atoms with E-state index in [4.69, 9.17) is 4.74 Å². The third kappa shape index (κ3) is 4.06. The molecule has 1 aliphatic rings. The first-order valence-corrected chi connectivity index (χ1v) is 9.15. The highest BCUT2D eigenvalue weighted by molar-refractivity contribution is 5.86. The Hall–Kier alpha value is -2.99. The fourth-order valence-corrected chi connectivity index (χ4v) is 3.29. The number of fused-ring (bicyclic) bond motifs is 1. The summed E-state index contributed by atoms with van der Waals surface area (Å²) >= 11 is 0. The van der Waals surface area contributed by atoms with Crippen LogP contribution < -0.4 is 10.9 Å². The first-order chi connectivity index (χ1) is 13.2. The van der Waals surface area contributed by atoms with Crippen LogP contribution in [0.3, 0.4) is 0 Å². The van der Waals surface area contributed by atoms with Gasteiger partial charge in [-0.3, -0.25) is 9.59 Å². The molecule has 0 spiro atoms. The van der Waals surface area contributed by atoms with Gasteiger partial charge in [0.1, 0.15) is 6.54 Å². The lowest BCUT2D eigenvalue weighted by atomic mass is 10.1. The second kappa shape index (κ2) is 7.72. The molecule has 3 aromatic rings. The first kappa shape index (κ1) is 17.4. The van der Waals surface area contributed by atoms with Crippen molar-refractivity contribution in [3.63, 3.8) is 0 Å². The Labute approximate surface area is 156 Å². The number of carbonyl (C=O) groups excluding carboxylic acids is 1. The molecule has 2 heterocycles. The van der Waals surface area contributed by atoms with Gasteiger partial charge in [0.05, 0.1) is 11.8 Å². The molecule has 1 amide bonds. The first-order valence-electron chi connectivity index (χ1n) is 9.15. The molecule has 1 aromatic heterocycles. The molecule has 6 nitrogen and oxygen atoms in total. The topological polar surface area (TPSA) is 73.2 Å². The third-order valence-electron chi connectivity index (χ3n) is 4.76. The Kier molecular flexibility index (Phi) is 4.98. The quantitative estimate of drug-likeness (QED) is 0.755. The summed E-state index contributed by atoms with van der Waals surface area (Å²) in [7, 11) is 0. The summed E-state index contributed by atoms with van der Waals surface area (Å²) in [4.78, 5) is 24.3. The van der Waals surface area contributed by atoms with E-state index >= 15 is 0 Å². The summed E-state index contributed by atoms with van der Waals surface area (Å²) in [6.07, 6.45) is 2.05. The Morgan fingerprint density at radius 1 is 1.15 bits per heavy atom. The highest BCUT2D eigenvalue weighted by Gasteiger charge is 2.16. The lowest BCUT2D eigenvalue weighted by molar-refractivity contribution is -0.122. The zero-order valence-corrected chi connectivity index (χ0v) is 14.9. The molecule has 4 rings (SSSR count). The van der Waals surface area contributed by atoms with Gasteiger partial charge < -0.3 is 10.1 Å². The second-order valence-electron chi connectivity index (χ2n) is 6.72. The van der Waals surface area contributed by atoms with Crippen molar-refractivity contribution < 1.29 is 9.53 Å². The predicted molar refractivity (Wildman–Crippen MR) is 103 cm³/mol. The van der Waals surface area contributed by atoms with E-state index in [0.717, 1.165) is 35.8 Å². The van der Waals surface area contributed by atoms with Gasteiger partial charge in [0.15, 0.2) is 0 Å². The van der Waals surface area contributed by atoms with E-state index in [0.29, 0.717) is 12.2 Å². The largest absolute Gasteiger partial charge is 0.376 e. The van der Waals surface area contributed by atoms with Crippen LogP contribution in [0, 0.1) is 0 Å². The van der Waals surface area contributed by atoms with E-state index in [1.54, 1.807) is 6.07 Å². The molecule has 0 aliphatic carbocycles. The molecule has 0 saturated carbocycles. The van der Waals surface area contributed by atoms with Gasteiger partial charge in [-0.25, -0.2) is 4.68 Å². The van der Waals surface area contributed by atoms with Gasteiger partial charge >= 0.3 is 0 Å². The van der Waals surface area contributed by atoms with Gasteiger partial charge in [0.2, 0.25) is 5.91 Å². The summed E-state index contributed by atoms with van der Waals surface area (Å²) in [5.41, 5.74) is 1.27. The van der Waals surface area contributed by atoms with Crippen LogP contribution in [0.5, 0.6) is 0 Å². The van der Waals surface area contributed by atoms with Crippen molar-refractivity contribution in [1.82, 2.24) is 15.1 Å². The minimum atomic E-state index is -0.299. The van der Waals surface area contributed by atoms with Crippen molar-refractivity contribution in [1.29, 1.82) is 0 Å². The highest BCUT2D eigenvalue weighted by atomic mass is 16.5. The molecule has 0 radical (unpaired) electrons. The standard InChI is InChI=1S/C21H21N3O3/c25-20(22-13-18-6-3-11-27-18)14-24-21(26)10-9-19(23-24)17-8-7-15-4-1-2-5-16(15)12-17/h1-2,4-5,7-10,12,18H,3,6,11,13-14H2,(H,22,25)/t18-/m0/s1. The number of nitrogens with zero attached hydrogens (tertiary/aromatic N) is 2. The van der Waals surface area contributed by atoms with Crippen LogP contribution in [0.4, 0.5) is 0 Å². The highest BCUT2D eigenvalue weighted by Crippen LogP contribution is 2.22. The van der Waals surface area contributed by atoms with Crippen molar-refractivity contribution in [2.75, 3.05) is 13.2 Å². The molecule has 1 saturated heterocycles. The minimum Gasteiger partial charge on any atom is -0.376 e. The lowest BCUT2D eigenvalue weighted by Gasteiger charge is -2.12. The monoisotopic (exact) mass is 363 g/mol. The van der Waals surface area contributed by atoms with Crippen LogP contribution in [0.25, 0.3) is 22.0 Å². The van der Waals surface area contributed by atoms with Gasteiger partial charge in [-0.2, -0.15) is 5.10 Å². The van der Waals surface area contributed by atoms with E-state index < -0.39 is 0 Å². The van der Waals surface area contributed by atoms with Crippen LogP contribution >= 0.6 is 0 Å². The fraction of sp³-hybridized carbons (Fsp3) is 0.286. The molecular weight excluding hydrogens is 342 g/mol. The molecule has 1 atom stereocenters. The normalized spacial score (nSPS) is 16.5. The summed E-state index contributed by atoms with van der Waals surface area (Å²) < 4.78 is 6.69. The number of carbonyl (C=O) groups is 1. The number of nitrogens with one attached hydrogen (secondary N) is 1. The number of ether oxygens (including phenoxy) is 1. The number of hydrogen-bond donors (Lipinski definition) is 1. The zero-order chi connectivity index (χ0) is 18.6. The average Bonchev–Trinajstić information content (AvgIpc) is 3.21. The molecule has 1 fully saturated rings. The third-order valence-corrected chi connectivity index (χ3v) is 4.76. The van der Waals surface area contributed by atoms with E-state index in [2.05, 4.69) is 10.4 Å². The lowest BCUT2D eigenvalue weighted by Crippen LogP contribution is -2.37. The number of aromatic nitrogens is 2. The summed E-state index contributed by atoms with van der Waals surface area (Å²) in [5, 5.41) is 9.44. The van der Waals surface area contributed by atoms with Crippen molar-refractivity contribution in [2.24, 2.45) is 0 Å². The Morgan fingerprint density at radius 3 is 2.81 bits per heavy atom. The van der Waals surface area contributed by atoms with Crippen LogP contribution in [-0.2, 0) is 16.1 Å². The maximum absolute atomic E-state index is 12.2. The van der Waals surface area contributed by atoms with Gasteiger partial charge in [0, 0.05) is 24.8 Å². The fourth-order valence-electron chi connectivity index (χ4n) is 3.29. The molecule has 1 N–H and O–H groups in total.